The van der Waals surface area contributed by atoms with Gasteiger partial charge in [0.2, 0.25) is 5.13 Å². The summed E-state index contributed by atoms with van der Waals surface area (Å²) in [5, 5.41) is 19.9. The second-order valence-corrected chi connectivity index (χ2v) is 5.87. The molecule has 0 bridgehead atoms. The minimum absolute atomic E-state index is 0.0364. The van der Waals surface area contributed by atoms with Crippen molar-refractivity contribution in [3.05, 3.63) is 35.3 Å². The van der Waals surface area contributed by atoms with Crippen LogP contribution in [-0.4, -0.2) is 52.5 Å². The fourth-order valence-electron chi connectivity index (χ4n) is 1.80. The number of aromatic nitrogens is 2. The zero-order valence-electron chi connectivity index (χ0n) is 13.0. The summed E-state index contributed by atoms with van der Waals surface area (Å²) in [6.07, 6.45) is -5.44. The molecule has 0 aliphatic heterocycles. The van der Waals surface area contributed by atoms with Crippen molar-refractivity contribution in [1.82, 2.24) is 15.1 Å². The van der Waals surface area contributed by atoms with Gasteiger partial charge in [-0.2, -0.15) is 13.2 Å². The van der Waals surface area contributed by atoms with Gasteiger partial charge in [-0.25, -0.2) is 4.79 Å². The van der Waals surface area contributed by atoms with E-state index in [9.17, 15) is 23.1 Å². The highest BCUT2D eigenvalue weighted by Crippen LogP contribution is 2.30. The standard InChI is InChI=1S/C14H15F3N4O3S/c1-21(13(23)19-12-20-18-8-25-12)6-10(22)7-24-11-4-2-9(3-5-11)14(15,16)17/h2-5,8,10,22H,6-7H2,1H3,(H,19,20,23)/t10-/m1/s1. The Labute approximate surface area is 145 Å². The van der Waals surface area contributed by atoms with E-state index in [0.717, 1.165) is 23.5 Å². The van der Waals surface area contributed by atoms with Gasteiger partial charge in [0, 0.05) is 7.05 Å². The summed E-state index contributed by atoms with van der Waals surface area (Å²) < 4.78 is 42.6. The highest BCUT2D eigenvalue weighted by atomic mass is 32.1. The van der Waals surface area contributed by atoms with Crippen LogP contribution >= 0.6 is 11.3 Å². The summed E-state index contributed by atoms with van der Waals surface area (Å²) in [4.78, 5) is 13.1. The predicted molar refractivity (Wildman–Crippen MR) is 84.5 cm³/mol. The Morgan fingerprint density at radius 1 is 1.40 bits per heavy atom. The van der Waals surface area contributed by atoms with Gasteiger partial charge in [0.1, 0.15) is 24.0 Å². The Bertz CT molecular complexity index is 680. The topological polar surface area (TPSA) is 87.6 Å². The summed E-state index contributed by atoms with van der Waals surface area (Å²) in [5.74, 6) is 0.188. The normalized spacial score (nSPS) is 12.5. The molecule has 0 aliphatic rings. The largest absolute Gasteiger partial charge is 0.491 e. The third kappa shape index (κ3) is 5.87. The number of rotatable bonds is 6. The van der Waals surface area contributed by atoms with Gasteiger partial charge < -0.3 is 14.7 Å². The van der Waals surface area contributed by atoms with E-state index in [2.05, 4.69) is 15.5 Å². The SMILES string of the molecule is CN(C[C@@H](O)COc1ccc(C(F)(F)F)cc1)C(=O)Nc1nncs1. The predicted octanol–water partition coefficient (Wildman–Crippen LogP) is 2.46. The lowest BCUT2D eigenvalue weighted by Gasteiger charge is -2.20. The number of urea groups is 1. The number of hydrogen-bond donors (Lipinski definition) is 2. The van der Waals surface area contributed by atoms with Crippen LogP contribution in [0.2, 0.25) is 0 Å². The summed E-state index contributed by atoms with van der Waals surface area (Å²) in [6, 6.07) is 3.64. The second kappa shape index (κ2) is 8.12. The number of aliphatic hydroxyl groups excluding tert-OH is 1. The molecule has 0 fully saturated rings. The van der Waals surface area contributed by atoms with E-state index in [0.29, 0.717) is 5.13 Å². The Balaban J connectivity index is 1.78. The van der Waals surface area contributed by atoms with Crippen molar-refractivity contribution in [3.63, 3.8) is 0 Å². The Morgan fingerprint density at radius 3 is 2.64 bits per heavy atom. The van der Waals surface area contributed by atoms with Crippen LogP contribution in [0.15, 0.2) is 29.8 Å². The summed E-state index contributed by atoms with van der Waals surface area (Å²) in [7, 11) is 1.47. The first kappa shape index (κ1) is 18.9. The van der Waals surface area contributed by atoms with Crippen LogP contribution < -0.4 is 10.1 Å². The molecule has 0 saturated carbocycles. The molecule has 2 aromatic rings. The summed E-state index contributed by atoms with van der Waals surface area (Å²) in [6.45, 7) is -0.215. The first-order chi connectivity index (χ1) is 11.8. The zero-order chi connectivity index (χ0) is 18.4. The Hall–Kier alpha value is -2.40. The average Bonchev–Trinajstić information content (AvgIpc) is 3.05. The highest BCUT2D eigenvalue weighted by Gasteiger charge is 2.30. The number of halogens is 3. The first-order valence-corrected chi connectivity index (χ1v) is 7.90. The lowest BCUT2D eigenvalue weighted by atomic mass is 10.2. The molecule has 11 heteroatoms. The zero-order valence-corrected chi connectivity index (χ0v) is 13.8. The second-order valence-electron chi connectivity index (χ2n) is 5.04. The molecule has 7 nitrogen and oxygen atoms in total. The molecule has 1 aromatic carbocycles. The smallest absolute Gasteiger partial charge is 0.416 e. The molecular weight excluding hydrogens is 361 g/mol. The molecule has 1 aromatic heterocycles. The molecule has 0 radical (unpaired) electrons. The van der Waals surface area contributed by atoms with Crippen molar-refractivity contribution in [1.29, 1.82) is 0 Å². The molecule has 136 valence electrons. The van der Waals surface area contributed by atoms with E-state index in [4.69, 9.17) is 4.74 Å². The van der Waals surface area contributed by atoms with Crippen molar-refractivity contribution in [2.75, 3.05) is 25.5 Å². The maximum atomic E-state index is 12.5. The minimum Gasteiger partial charge on any atom is -0.491 e. The number of aliphatic hydroxyl groups is 1. The molecule has 25 heavy (non-hydrogen) atoms. The van der Waals surface area contributed by atoms with Crippen LogP contribution in [0.3, 0.4) is 0 Å². The minimum atomic E-state index is -4.42. The van der Waals surface area contributed by atoms with Crippen molar-refractivity contribution >= 4 is 22.5 Å². The molecule has 1 atom stereocenters. The number of benzene rings is 1. The fraction of sp³-hybridized carbons (Fsp3) is 0.357. The number of likely N-dealkylation sites (N-methyl/N-ethyl adjacent to an activating group) is 1. The molecule has 0 spiro atoms. The molecule has 2 amide bonds. The van der Waals surface area contributed by atoms with Gasteiger partial charge in [-0.3, -0.25) is 5.32 Å². The maximum absolute atomic E-state index is 12.5. The molecule has 0 saturated heterocycles. The number of carbonyl (C=O) groups excluding carboxylic acids is 1. The van der Waals surface area contributed by atoms with Gasteiger partial charge in [0.05, 0.1) is 12.1 Å². The van der Waals surface area contributed by atoms with E-state index in [-0.39, 0.29) is 18.9 Å². The average molecular weight is 376 g/mol. The summed E-state index contributed by atoms with van der Waals surface area (Å²) >= 11 is 1.15. The van der Waals surface area contributed by atoms with Crippen molar-refractivity contribution in [2.24, 2.45) is 0 Å². The maximum Gasteiger partial charge on any atom is 0.416 e. The lowest BCUT2D eigenvalue weighted by Crippen LogP contribution is -2.39. The number of nitrogens with one attached hydrogen (secondary N) is 1. The Morgan fingerprint density at radius 2 is 2.08 bits per heavy atom. The van der Waals surface area contributed by atoms with Gasteiger partial charge in [0.25, 0.3) is 0 Å². The van der Waals surface area contributed by atoms with Crippen LogP contribution in [0.25, 0.3) is 0 Å². The third-order valence-corrected chi connectivity index (χ3v) is 3.64. The number of ether oxygens (including phenoxy) is 1. The molecule has 0 unspecified atom stereocenters. The quantitative estimate of drug-likeness (QED) is 0.809. The highest BCUT2D eigenvalue weighted by molar-refractivity contribution is 7.13. The number of nitrogens with zero attached hydrogens (tertiary/aromatic N) is 3. The number of hydrogen-bond acceptors (Lipinski definition) is 6. The molecule has 1 heterocycles. The van der Waals surface area contributed by atoms with Crippen molar-refractivity contribution in [2.45, 2.75) is 12.3 Å². The molecule has 2 N–H and O–H groups in total. The van der Waals surface area contributed by atoms with Crippen molar-refractivity contribution in [3.8, 4) is 5.75 Å². The number of amides is 2. The van der Waals surface area contributed by atoms with Gasteiger partial charge in [0.15, 0.2) is 0 Å². The molecule has 2 rings (SSSR count). The number of alkyl halides is 3. The van der Waals surface area contributed by atoms with E-state index >= 15 is 0 Å². The fourth-order valence-corrected chi connectivity index (χ4v) is 2.23. The van der Waals surface area contributed by atoms with E-state index in [1.807, 2.05) is 0 Å². The van der Waals surface area contributed by atoms with Crippen LogP contribution in [0.1, 0.15) is 5.56 Å². The third-order valence-electron chi connectivity index (χ3n) is 3.03. The van der Waals surface area contributed by atoms with Crippen molar-refractivity contribution < 1.29 is 27.8 Å². The van der Waals surface area contributed by atoms with Gasteiger partial charge in [-0.1, -0.05) is 11.3 Å². The number of carbonyl (C=O) groups is 1. The van der Waals surface area contributed by atoms with Gasteiger partial charge >= 0.3 is 12.2 Å². The lowest BCUT2D eigenvalue weighted by molar-refractivity contribution is -0.137. The van der Waals surface area contributed by atoms with Crippen LogP contribution in [0.4, 0.5) is 23.1 Å². The van der Waals surface area contributed by atoms with E-state index in [1.165, 1.54) is 29.6 Å². The van der Waals surface area contributed by atoms with Crippen LogP contribution in [0, 0.1) is 0 Å². The molecular formula is C14H15F3N4O3S. The van der Waals surface area contributed by atoms with Gasteiger partial charge in [-0.05, 0) is 24.3 Å². The summed E-state index contributed by atoms with van der Waals surface area (Å²) in [5.41, 5.74) is 0.677. The first-order valence-electron chi connectivity index (χ1n) is 7.02. The van der Waals surface area contributed by atoms with Crippen LogP contribution in [0.5, 0.6) is 5.75 Å². The van der Waals surface area contributed by atoms with Gasteiger partial charge in [-0.15, -0.1) is 10.2 Å². The molecule has 0 aliphatic carbocycles. The van der Waals surface area contributed by atoms with Crippen LogP contribution in [-0.2, 0) is 6.18 Å². The number of anilines is 1. The van der Waals surface area contributed by atoms with E-state index < -0.39 is 23.9 Å². The Kier molecular flexibility index (Phi) is 6.15. The monoisotopic (exact) mass is 376 g/mol. The van der Waals surface area contributed by atoms with E-state index in [1.54, 1.807) is 0 Å².